The van der Waals surface area contributed by atoms with Crippen molar-refractivity contribution in [1.82, 2.24) is 4.98 Å². The van der Waals surface area contributed by atoms with Crippen molar-refractivity contribution in [3.05, 3.63) is 45.2 Å². The zero-order valence-corrected chi connectivity index (χ0v) is 9.63. The number of fused-ring (bicyclic) bond motifs is 1. The Bertz CT molecular complexity index is 620. The van der Waals surface area contributed by atoms with Gasteiger partial charge in [-0.05, 0) is 49.8 Å². The van der Waals surface area contributed by atoms with Gasteiger partial charge in [-0.3, -0.25) is 4.79 Å². The van der Waals surface area contributed by atoms with Crippen LogP contribution in [0.3, 0.4) is 0 Å². The van der Waals surface area contributed by atoms with E-state index in [1.165, 1.54) is 24.0 Å². The fourth-order valence-electron chi connectivity index (χ4n) is 2.20. The van der Waals surface area contributed by atoms with E-state index in [0.29, 0.717) is 5.92 Å². The Morgan fingerprint density at radius 1 is 1.25 bits per heavy atom. The van der Waals surface area contributed by atoms with E-state index in [0.717, 1.165) is 16.6 Å². The summed E-state index contributed by atoms with van der Waals surface area (Å²) in [7, 11) is 0. The van der Waals surface area contributed by atoms with Crippen LogP contribution in [0.15, 0.2) is 23.0 Å². The molecule has 1 heterocycles. The molecule has 82 valence electrons. The van der Waals surface area contributed by atoms with Crippen molar-refractivity contribution in [2.24, 2.45) is 0 Å². The normalized spacial score (nSPS) is 15.6. The van der Waals surface area contributed by atoms with Gasteiger partial charge < -0.3 is 4.98 Å². The quantitative estimate of drug-likeness (QED) is 0.776. The number of aryl methyl sites for hydroxylation is 2. The van der Waals surface area contributed by atoms with Crippen LogP contribution in [0.25, 0.3) is 10.9 Å². The molecule has 1 aromatic heterocycles. The molecule has 0 amide bonds. The number of benzene rings is 1. The molecule has 1 N–H and O–H groups in total. The van der Waals surface area contributed by atoms with Crippen LogP contribution < -0.4 is 5.43 Å². The summed E-state index contributed by atoms with van der Waals surface area (Å²) in [5.74, 6) is 0.594. The monoisotopic (exact) mass is 213 g/mol. The van der Waals surface area contributed by atoms with Crippen LogP contribution in [-0.2, 0) is 0 Å². The number of H-pyrrole nitrogens is 1. The molecule has 0 radical (unpaired) electrons. The van der Waals surface area contributed by atoms with Crippen LogP contribution >= 0.6 is 0 Å². The second-order valence-electron chi connectivity index (χ2n) is 4.79. The van der Waals surface area contributed by atoms with E-state index < -0.39 is 0 Å². The minimum atomic E-state index is 0.152. The van der Waals surface area contributed by atoms with Crippen LogP contribution in [0.5, 0.6) is 0 Å². The predicted molar refractivity (Wildman–Crippen MR) is 66.0 cm³/mol. The third-order valence-electron chi connectivity index (χ3n) is 3.57. The molecule has 3 rings (SSSR count). The lowest BCUT2D eigenvalue weighted by atomic mass is 10.0. The lowest BCUT2D eigenvalue weighted by molar-refractivity contribution is 1.04. The van der Waals surface area contributed by atoms with Crippen molar-refractivity contribution < 1.29 is 0 Å². The van der Waals surface area contributed by atoms with Crippen LogP contribution in [0.2, 0.25) is 0 Å². The Balaban J connectivity index is 2.38. The lowest BCUT2D eigenvalue weighted by Gasteiger charge is -2.07. The number of aromatic nitrogens is 1. The van der Waals surface area contributed by atoms with Gasteiger partial charge in [0.15, 0.2) is 5.43 Å². The zero-order chi connectivity index (χ0) is 11.3. The van der Waals surface area contributed by atoms with Gasteiger partial charge in [0.25, 0.3) is 0 Å². The van der Waals surface area contributed by atoms with Crippen LogP contribution in [0, 0.1) is 13.8 Å². The molecule has 0 bridgehead atoms. The van der Waals surface area contributed by atoms with Crippen LogP contribution in [-0.4, -0.2) is 4.98 Å². The van der Waals surface area contributed by atoms with E-state index in [1.54, 1.807) is 6.07 Å². The van der Waals surface area contributed by atoms with Gasteiger partial charge in [-0.2, -0.15) is 0 Å². The summed E-state index contributed by atoms with van der Waals surface area (Å²) in [4.78, 5) is 15.4. The number of hydrogen-bond donors (Lipinski definition) is 1. The first-order chi connectivity index (χ1) is 7.66. The van der Waals surface area contributed by atoms with Crippen molar-refractivity contribution in [2.45, 2.75) is 32.6 Å². The molecule has 0 spiro atoms. The predicted octanol–water partition coefficient (Wildman–Crippen LogP) is 3.02. The summed E-state index contributed by atoms with van der Waals surface area (Å²) in [5.41, 5.74) is 4.72. The number of aromatic amines is 1. The average molecular weight is 213 g/mol. The summed E-state index contributed by atoms with van der Waals surface area (Å²) < 4.78 is 0. The van der Waals surface area contributed by atoms with Gasteiger partial charge in [0, 0.05) is 17.1 Å². The van der Waals surface area contributed by atoms with E-state index in [2.05, 4.69) is 18.8 Å². The highest BCUT2D eigenvalue weighted by Crippen LogP contribution is 2.39. The van der Waals surface area contributed by atoms with Gasteiger partial charge in [0.2, 0.25) is 0 Å². The van der Waals surface area contributed by atoms with Crippen molar-refractivity contribution >= 4 is 10.9 Å². The third kappa shape index (κ3) is 1.37. The maximum atomic E-state index is 12.0. The fraction of sp³-hybridized carbons (Fsp3) is 0.357. The highest BCUT2D eigenvalue weighted by molar-refractivity contribution is 5.82. The molecule has 1 aliphatic carbocycles. The first-order valence-corrected chi connectivity index (χ1v) is 5.80. The fourth-order valence-corrected chi connectivity index (χ4v) is 2.20. The maximum Gasteiger partial charge on any atom is 0.189 e. The molecular formula is C14H15NO. The molecule has 0 saturated heterocycles. The molecule has 2 nitrogen and oxygen atoms in total. The van der Waals surface area contributed by atoms with E-state index in [-0.39, 0.29) is 5.43 Å². The smallest absolute Gasteiger partial charge is 0.189 e. The number of nitrogens with one attached hydrogen (secondary N) is 1. The van der Waals surface area contributed by atoms with Crippen molar-refractivity contribution in [2.75, 3.05) is 0 Å². The second kappa shape index (κ2) is 3.21. The maximum absolute atomic E-state index is 12.0. The standard InChI is InChI=1S/C14H15NO/c1-8-3-6-11-13(16)7-12(10-4-5-10)15-14(11)9(8)2/h3,6-7,10H,4-5H2,1-2H3,(H,15,16). The molecular weight excluding hydrogens is 198 g/mol. The first-order valence-electron chi connectivity index (χ1n) is 5.80. The summed E-state index contributed by atoms with van der Waals surface area (Å²) in [6, 6.07) is 5.71. The second-order valence-corrected chi connectivity index (χ2v) is 4.79. The van der Waals surface area contributed by atoms with Crippen LogP contribution in [0.4, 0.5) is 0 Å². The molecule has 1 aliphatic rings. The number of rotatable bonds is 1. The topological polar surface area (TPSA) is 32.9 Å². The number of hydrogen-bond acceptors (Lipinski definition) is 1. The van der Waals surface area contributed by atoms with E-state index >= 15 is 0 Å². The molecule has 1 saturated carbocycles. The van der Waals surface area contributed by atoms with Crippen molar-refractivity contribution in [3.8, 4) is 0 Å². The SMILES string of the molecule is Cc1ccc2c(=O)cc(C3CC3)[nH]c2c1C. The summed E-state index contributed by atoms with van der Waals surface area (Å²) in [5, 5.41) is 0.813. The van der Waals surface area contributed by atoms with E-state index in [1.807, 2.05) is 12.1 Å². The van der Waals surface area contributed by atoms with Gasteiger partial charge in [-0.25, -0.2) is 0 Å². The van der Waals surface area contributed by atoms with Gasteiger partial charge in [0.05, 0.1) is 5.52 Å². The third-order valence-corrected chi connectivity index (χ3v) is 3.57. The Kier molecular flexibility index (Phi) is 1.93. The highest BCUT2D eigenvalue weighted by atomic mass is 16.1. The van der Waals surface area contributed by atoms with Gasteiger partial charge in [-0.1, -0.05) is 6.07 Å². The van der Waals surface area contributed by atoms with Crippen LogP contribution in [0.1, 0.15) is 35.6 Å². The first kappa shape index (κ1) is 9.64. The van der Waals surface area contributed by atoms with E-state index in [4.69, 9.17) is 0 Å². The average Bonchev–Trinajstić information content (AvgIpc) is 3.07. The zero-order valence-electron chi connectivity index (χ0n) is 9.63. The minimum Gasteiger partial charge on any atom is -0.358 e. The minimum absolute atomic E-state index is 0.152. The van der Waals surface area contributed by atoms with Crippen molar-refractivity contribution in [1.29, 1.82) is 0 Å². The molecule has 16 heavy (non-hydrogen) atoms. The lowest BCUT2D eigenvalue weighted by Crippen LogP contribution is -2.06. The van der Waals surface area contributed by atoms with Gasteiger partial charge in [0.1, 0.15) is 0 Å². The Hall–Kier alpha value is -1.57. The molecule has 1 aromatic carbocycles. The summed E-state index contributed by atoms with van der Waals surface area (Å²) >= 11 is 0. The molecule has 2 heteroatoms. The van der Waals surface area contributed by atoms with Gasteiger partial charge >= 0.3 is 0 Å². The Morgan fingerprint density at radius 2 is 2.00 bits per heavy atom. The van der Waals surface area contributed by atoms with Crippen molar-refractivity contribution in [3.63, 3.8) is 0 Å². The molecule has 2 aromatic rings. The van der Waals surface area contributed by atoms with Gasteiger partial charge in [-0.15, -0.1) is 0 Å². The Morgan fingerprint density at radius 3 is 2.69 bits per heavy atom. The highest BCUT2D eigenvalue weighted by Gasteiger charge is 2.25. The van der Waals surface area contributed by atoms with E-state index in [9.17, 15) is 4.79 Å². The number of pyridine rings is 1. The Labute approximate surface area is 94.3 Å². The largest absolute Gasteiger partial charge is 0.358 e. The summed E-state index contributed by atoms with van der Waals surface area (Å²) in [6.45, 7) is 4.15. The molecule has 0 atom stereocenters. The molecule has 1 fully saturated rings. The molecule has 0 unspecified atom stereocenters. The molecule has 0 aliphatic heterocycles. The summed E-state index contributed by atoms with van der Waals surface area (Å²) in [6.07, 6.45) is 2.43.